The van der Waals surface area contributed by atoms with Gasteiger partial charge in [-0.05, 0) is 18.6 Å². The number of primary amides is 1. The third kappa shape index (κ3) is 6.20. The second-order valence-electron chi connectivity index (χ2n) is 4.76. The van der Waals surface area contributed by atoms with E-state index in [9.17, 15) is 23.1 Å². The molecule has 0 radical (unpaired) electrons. The quantitative estimate of drug-likeness (QED) is 0.332. The van der Waals surface area contributed by atoms with E-state index in [2.05, 4.69) is 5.32 Å². The lowest BCUT2D eigenvalue weighted by Gasteiger charge is -2.13. The highest BCUT2D eigenvalue weighted by atomic mass is 35.5. The molecule has 1 aromatic rings. The summed E-state index contributed by atoms with van der Waals surface area (Å²) in [6.07, 6.45) is -0.819. The van der Waals surface area contributed by atoms with Gasteiger partial charge in [0.15, 0.2) is 5.75 Å². The molecule has 0 heterocycles. The van der Waals surface area contributed by atoms with Crippen molar-refractivity contribution in [3.63, 3.8) is 0 Å². The van der Waals surface area contributed by atoms with Crippen molar-refractivity contribution in [1.29, 1.82) is 0 Å². The maximum absolute atomic E-state index is 11.6. The predicted molar refractivity (Wildman–Crippen MR) is 84.3 cm³/mol. The van der Waals surface area contributed by atoms with Crippen molar-refractivity contribution >= 4 is 39.4 Å². The first-order valence-electron chi connectivity index (χ1n) is 6.48. The van der Waals surface area contributed by atoms with Gasteiger partial charge in [-0.15, -0.1) is 0 Å². The fourth-order valence-corrected chi connectivity index (χ4v) is 2.52. The van der Waals surface area contributed by atoms with Crippen molar-refractivity contribution in [1.82, 2.24) is 0 Å². The van der Waals surface area contributed by atoms with Gasteiger partial charge in [0.25, 0.3) is 10.1 Å². The van der Waals surface area contributed by atoms with Gasteiger partial charge < -0.3 is 21.3 Å². The Morgan fingerprint density at radius 2 is 2.00 bits per heavy atom. The third-order valence-corrected chi connectivity index (χ3v) is 3.83. The van der Waals surface area contributed by atoms with Gasteiger partial charge in [0.1, 0.15) is 11.5 Å². The summed E-state index contributed by atoms with van der Waals surface area (Å²) >= 11 is 5.67. The number of nitrogens with one attached hydrogen (secondary N) is 1. The number of aromatic hydroxyl groups is 1. The number of carbonyl (C=O) groups excluding carboxylic acids is 2. The zero-order chi connectivity index (χ0) is 18.5. The van der Waals surface area contributed by atoms with Gasteiger partial charge in [0.2, 0.25) is 5.91 Å². The van der Waals surface area contributed by atoms with Crippen LogP contribution in [0.3, 0.4) is 0 Å². The summed E-state index contributed by atoms with van der Waals surface area (Å²) in [6, 6.07) is 1.23. The number of hydrogen-bond donors (Lipinski definition) is 5. The molecule has 1 atom stereocenters. The minimum atomic E-state index is -4.75. The first kappa shape index (κ1) is 20.0. The lowest BCUT2D eigenvalue weighted by atomic mass is 10.2. The number of rotatable bonds is 7. The van der Waals surface area contributed by atoms with Crippen molar-refractivity contribution in [2.45, 2.75) is 23.8 Å². The summed E-state index contributed by atoms with van der Waals surface area (Å²) in [5.74, 6) is -1.45. The van der Waals surface area contributed by atoms with Crippen LogP contribution < -0.4 is 16.8 Å². The molecule has 7 N–H and O–H groups in total. The fraction of sp³-hybridized carbons (Fsp3) is 0.333. The smallest absolute Gasteiger partial charge is 0.411 e. The van der Waals surface area contributed by atoms with Gasteiger partial charge in [-0.2, -0.15) is 8.42 Å². The second kappa shape index (κ2) is 8.15. The molecule has 24 heavy (non-hydrogen) atoms. The summed E-state index contributed by atoms with van der Waals surface area (Å²) in [4.78, 5) is 21.4. The Kier molecular flexibility index (Phi) is 6.78. The van der Waals surface area contributed by atoms with E-state index in [0.29, 0.717) is 0 Å². The molecule has 0 aliphatic carbocycles. The average molecular weight is 382 g/mol. The molecule has 0 saturated carbocycles. The van der Waals surface area contributed by atoms with Crippen LogP contribution >= 0.6 is 11.6 Å². The van der Waals surface area contributed by atoms with E-state index < -0.39 is 38.8 Å². The van der Waals surface area contributed by atoms with Crippen LogP contribution in [0.5, 0.6) is 5.75 Å². The van der Waals surface area contributed by atoms with Gasteiger partial charge in [-0.3, -0.25) is 14.7 Å². The van der Waals surface area contributed by atoms with Crippen LogP contribution in [0.4, 0.5) is 10.5 Å². The monoisotopic (exact) mass is 381 g/mol. The van der Waals surface area contributed by atoms with Crippen LogP contribution in [0, 0.1) is 0 Å². The number of hydrogen-bond acceptors (Lipinski definition) is 7. The Morgan fingerprint density at radius 1 is 1.38 bits per heavy atom. The number of halogens is 1. The van der Waals surface area contributed by atoms with E-state index in [1.54, 1.807) is 0 Å². The lowest BCUT2D eigenvalue weighted by Crippen LogP contribution is -2.30. The van der Waals surface area contributed by atoms with Crippen LogP contribution in [0.2, 0.25) is 5.02 Å². The standard InChI is InChI=1S/C12H16ClN3O7S/c13-6-3-8(11(18)9(4-6)24(20,21)22)16-12(19)23-5-7(14)1-2-10(15)17/h3-4,7,18H,1-2,5,14H2,(H2,15,17)(H,16,19)(H,20,21,22)/t7-/m0/s1. The summed E-state index contributed by atoms with van der Waals surface area (Å²) in [5.41, 5.74) is 10.2. The fourth-order valence-electron chi connectivity index (χ4n) is 1.61. The zero-order valence-corrected chi connectivity index (χ0v) is 13.8. The number of benzene rings is 1. The summed E-state index contributed by atoms with van der Waals surface area (Å²) in [6.45, 7) is -0.244. The van der Waals surface area contributed by atoms with Gasteiger partial charge >= 0.3 is 6.09 Å². The van der Waals surface area contributed by atoms with E-state index in [4.69, 9.17) is 32.4 Å². The van der Waals surface area contributed by atoms with Crippen LogP contribution in [0.1, 0.15) is 12.8 Å². The Bertz CT molecular complexity index is 738. The van der Waals surface area contributed by atoms with Gasteiger partial charge in [-0.1, -0.05) is 11.6 Å². The Morgan fingerprint density at radius 3 is 2.54 bits per heavy atom. The molecule has 0 unspecified atom stereocenters. The van der Waals surface area contributed by atoms with Gasteiger partial charge in [0, 0.05) is 17.5 Å². The topological polar surface area (TPSA) is 182 Å². The molecule has 0 fully saturated rings. The van der Waals surface area contributed by atoms with Gasteiger partial charge in [0.05, 0.1) is 5.69 Å². The molecular weight excluding hydrogens is 366 g/mol. The largest absolute Gasteiger partial charge is 0.504 e. The van der Waals surface area contributed by atoms with Crippen molar-refractivity contribution in [3.05, 3.63) is 17.2 Å². The number of carbonyl (C=O) groups is 2. The molecule has 0 aliphatic rings. The zero-order valence-electron chi connectivity index (χ0n) is 12.2. The number of phenolic OH excluding ortho intramolecular Hbond substituents is 1. The summed E-state index contributed by atoms with van der Waals surface area (Å²) in [7, 11) is -4.75. The minimum absolute atomic E-state index is 0.0267. The second-order valence-corrected chi connectivity index (χ2v) is 6.59. The molecule has 134 valence electrons. The van der Waals surface area contributed by atoms with Crippen LogP contribution in [-0.4, -0.2) is 42.7 Å². The molecule has 12 heteroatoms. The predicted octanol–water partition coefficient (Wildman–Crippen LogP) is 0.434. The highest BCUT2D eigenvalue weighted by Crippen LogP contribution is 2.34. The van der Waals surface area contributed by atoms with Gasteiger partial charge in [-0.25, -0.2) is 4.79 Å². The highest BCUT2D eigenvalue weighted by molar-refractivity contribution is 7.86. The molecule has 0 spiro atoms. The van der Waals surface area contributed by atoms with E-state index in [0.717, 1.165) is 12.1 Å². The average Bonchev–Trinajstić information content (AvgIpc) is 2.45. The molecule has 0 bridgehead atoms. The first-order valence-corrected chi connectivity index (χ1v) is 8.30. The van der Waals surface area contributed by atoms with Crippen LogP contribution in [-0.2, 0) is 19.6 Å². The SMILES string of the molecule is NC(=O)CC[C@H](N)COC(=O)Nc1cc(Cl)cc(S(=O)(=O)O)c1O. The molecule has 0 aliphatic heterocycles. The summed E-state index contributed by atoms with van der Waals surface area (Å²) in [5, 5.41) is 11.7. The molecule has 1 aromatic carbocycles. The van der Waals surface area contributed by atoms with Crippen molar-refractivity contribution in [3.8, 4) is 5.75 Å². The molecule has 2 amide bonds. The van der Waals surface area contributed by atoms with Crippen LogP contribution in [0.15, 0.2) is 17.0 Å². The lowest BCUT2D eigenvalue weighted by molar-refractivity contribution is -0.118. The molecule has 0 saturated heterocycles. The number of ether oxygens (including phenoxy) is 1. The Hall–Kier alpha value is -2.08. The molecule has 10 nitrogen and oxygen atoms in total. The Balaban J connectivity index is 2.74. The first-order chi connectivity index (χ1) is 11.0. The molecule has 1 rings (SSSR count). The van der Waals surface area contributed by atoms with Crippen LogP contribution in [0.25, 0.3) is 0 Å². The van der Waals surface area contributed by atoms with E-state index in [1.165, 1.54) is 0 Å². The minimum Gasteiger partial charge on any atom is -0.504 e. The maximum Gasteiger partial charge on any atom is 0.411 e. The number of phenols is 1. The van der Waals surface area contributed by atoms with Crippen molar-refractivity contribution in [2.24, 2.45) is 11.5 Å². The number of nitrogens with two attached hydrogens (primary N) is 2. The third-order valence-electron chi connectivity index (χ3n) is 2.74. The summed E-state index contributed by atoms with van der Waals surface area (Å²) < 4.78 is 36.0. The number of anilines is 1. The molecule has 0 aromatic heterocycles. The van der Waals surface area contributed by atoms with Crippen molar-refractivity contribution in [2.75, 3.05) is 11.9 Å². The highest BCUT2D eigenvalue weighted by Gasteiger charge is 2.21. The van der Waals surface area contributed by atoms with E-state index in [1.807, 2.05) is 0 Å². The number of amides is 2. The normalized spacial score (nSPS) is 12.5. The maximum atomic E-state index is 11.6. The Labute approximate surface area is 142 Å². The van der Waals surface area contributed by atoms with E-state index >= 15 is 0 Å². The van der Waals surface area contributed by atoms with Crippen molar-refractivity contribution < 1.29 is 32.4 Å². The molecular formula is C12H16ClN3O7S. The van der Waals surface area contributed by atoms with E-state index in [-0.39, 0.29) is 30.2 Å².